The molecule has 0 amide bonds. The minimum atomic E-state index is 0.00914. The Morgan fingerprint density at radius 2 is 1.06 bits per heavy atom. The topological polar surface area (TPSA) is 26.3 Å². The standard InChI is InChI=1S/C14H26O2/c15-14-12-10-8-6-4-2-1-3-5-7-9-11-13-16-14/h1-13H2. The summed E-state index contributed by atoms with van der Waals surface area (Å²) in [6.07, 6.45) is 14.5. The number of carbonyl (C=O) groups excluding carboxylic acids is 1. The predicted octanol–water partition coefficient (Wildman–Crippen LogP) is 4.22. The van der Waals surface area contributed by atoms with Crippen LogP contribution in [0, 0.1) is 0 Å². The van der Waals surface area contributed by atoms with E-state index >= 15 is 0 Å². The third-order valence-corrected chi connectivity index (χ3v) is 3.29. The Hall–Kier alpha value is -0.530. The number of rotatable bonds is 0. The van der Waals surface area contributed by atoms with E-state index in [4.69, 9.17) is 4.74 Å². The van der Waals surface area contributed by atoms with Crippen molar-refractivity contribution < 1.29 is 9.53 Å². The molecule has 2 nitrogen and oxygen atoms in total. The molecule has 2 heteroatoms. The lowest BCUT2D eigenvalue weighted by Crippen LogP contribution is -2.05. The number of carbonyl (C=O) groups is 1. The summed E-state index contributed by atoms with van der Waals surface area (Å²) < 4.78 is 5.18. The second kappa shape index (κ2) is 9.68. The quantitative estimate of drug-likeness (QED) is 0.578. The maximum absolute atomic E-state index is 11.3. The Balaban J connectivity index is 2.13. The summed E-state index contributed by atoms with van der Waals surface area (Å²) in [6, 6.07) is 0. The van der Waals surface area contributed by atoms with Crippen molar-refractivity contribution in [1.29, 1.82) is 0 Å². The summed E-state index contributed by atoms with van der Waals surface area (Å²) in [4.78, 5) is 11.3. The van der Waals surface area contributed by atoms with Gasteiger partial charge in [0.1, 0.15) is 0 Å². The molecule has 1 rings (SSSR count). The Labute approximate surface area is 99.8 Å². The van der Waals surface area contributed by atoms with Crippen molar-refractivity contribution in [3.8, 4) is 0 Å². The van der Waals surface area contributed by atoms with Crippen molar-refractivity contribution >= 4 is 5.97 Å². The summed E-state index contributed by atoms with van der Waals surface area (Å²) in [5.74, 6) is 0.00914. The molecule has 0 aromatic carbocycles. The molecule has 0 atom stereocenters. The largest absolute Gasteiger partial charge is 0.466 e. The van der Waals surface area contributed by atoms with E-state index in [2.05, 4.69) is 0 Å². The molecule has 1 fully saturated rings. The normalized spacial score (nSPS) is 22.9. The molecular formula is C14H26O2. The highest BCUT2D eigenvalue weighted by molar-refractivity contribution is 5.69. The fraction of sp³-hybridized carbons (Fsp3) is 0.929. The van der Waals surface area contributed by atoms with Gasteiger partial charge in [0, 0.05) is 6.42 Å². The number of cyclic esters (lactones) is 1. The predicted molar refractivity (Wildman–Crippen MR) is 66.4 cm³/mol. The van der Waals surface area contributed by atoms with Gasteiger partial charge in [0.2, 0.25) is 0 Å². The fourth-order valence-corrected chi connectivity index (χ4v) is 2.22. The van der Waals surface area contributed by atoms with Gasteiger partial charge in [-0.25, -0.2) is 0 Å². The summed E-state index contributed by atoms with van der Waals surface area (Å²) >= 11 is 0. The van der Waals surface area contributed by atoms with Crippen LogP contribution in [0.5, 0.6) is 0 Å². The van der Waals surface area contributed by atoms with Crippen LogP contribution in [-0.4, -0.2) is 12.6 Å². The number of hydrogen-bond donors (Lipinski definition) is 0. The lowest BCUT2D eigenvalue weighted by Gasteiger charge is -2.04. The lowest BCUT2D eigenvalue weighted by molar-refractivity contribution is -0.143. The second-order valence-electron chi connectivity index (χ2n) is 4.86. The Bertz CT molecular complexity index is 160. The first-order chi connectivity index (χ1) is 7.89. The summed E-state index contributed by atoms with van der Waals surface area (Å²) in [5, 5.41) is 0. The first kappa shape index (κ1) is 13.5. The smallest absolute Gasteiger partial charge is 0.305 e. The maximum Gasteiger partial charge on any atom is 0.305 e. The zero-order valence-corrected chi connectivity index (χ0v) is 10.5. The van der Waals surface area contributed by atoms with Crippen LogP contribution in [0.3, 0.4) is 0 Å². The minimum absolute atomic E-state index is 0.00914. The van der Waals surface area contributed by atoms with E-state index in [0.717, 1.165) is 12.8 Å². The number of ether oxygens (including phenoxy) is 1. The number of esters is 1. The van der Waals surface area contributed by atoms with Gasteiger partial charge in [-0.15, -0.1) is 0 Å². The van der Waals surface area contributed by atoms with Gasteiger partial charge in [-0.3, -0.25) is 4.79 Å². The summed E-state index contributed by atoms with van der Waals surface area (Å²) in [7, 11) is 0. The Morgan fingerprint density at radius 1 is 0.625 bits per heavy atom. The van der Waals surface area contributed by atoms with Gasteiger partial charge < -0.3 is 4.74 Å². The zero-order chi connectivity index (χ0) is 11.5. The van der Waals surface area contributed by atoms with Crippen molar-refractivity contribution in [2.24, 2.45) is 0 Å². The van der Waals surface area contributed by atoms with Crippen molar-refractivity contribution in [3.63, 3.8) is 0 Å². The molecule has 1 aliphatic rings. The van der Waals surface area contributed by atoms with E-state index in [9.17, 15) is 4.79 Å². The molecule has 16 heavy (non-hydrogen) atoms. The molecule has 0 aliphatic carbocycles. The average molecular weight is 226 g/mol. The fourth-order valence-electron chi connectivity index (χ4n) is 2.22. The third-order valence-electron chi connectivity index (χ3n) is 3.29. The SMILES string of the molecule is O=C1CCCCCCCCCCCCCO1. The van der Waals surface area contributed by atoms with E-state index in [1.54, 1.807) is 0 Å². The first-order valence-electron chi connectivity index (χ1n) is 7.05. The van der Waals surface area contributed by atoms with Crippen molar-refractivity contribution in [3.05, 3.63) is 0 Å². The van der Waals surface area contributed by atoms with Gasteiger partial charge in [0.15, 0.2) is 0 Å². The van der Waals surface area contributed by atoms with Crippen LogP contribution in [-0.2, 0) is 9.53 Å². The summed E-state index contributed by atoms with van der Waals surface area (Å²) in [6.45, 7) is 0.638. The van der Waals surface area contributed by atoms with Crippen molar-refractivity contribution in [2.75, 3.05) is 6.61 Å². The third kappa shape index (κ3) is 7.72. The highest BCUT2D eigenvalue weighted by Gasteiger charge is 2.03. The lowest BCUT2D eigenvalue weighted by atomic mass is 10.1. The molecule has 0 aromatic heterocycles. The molecular weight excluding hydrogens is 200 g/mol. The van der Waals surface area contributed by atoms with Gasteiger partial charge in [-0.1, -0.05) is 57.8 Å². The molecule has 1 saturated heterocycles. The van der Waals surface area contributed by atoms with Gasteiger partial charge in [0.05, 0.1) is 6.61 Å². The molecule has 0 bridgehead atoms. The van der Waals surface area contributed by atoms with Crippen LogP contribution in [0.1, 0.15) is 77.0 Å². The van der Waals surface area contributed by atoms with Gasteiger partial charge in [-0.05, 0) is 12.8 Å². The van der Waals surface area contributed by atoms with E-state index < -0.39 is 0 Å². The van der Waals surface area contributed by atoms with Gasteiger partial charge in [0.25, 0.3) is 0 Å². The van der Waals surface area contributed by atoms with Crippen LogP contribution in [0.15, 0.2) is 0 Å². The van der Waals surface area contributed by atoms with E-state index in [1.807, 2.05) is 0 Å². The first-order valence-corrected chi connectivity index (χ1v) is 7.05. The Morgan fingerprint density at radius 3 is 1.62 bits per heavy atom. The second-order valence-corrected chi connectivity index (χ2v) is 4.86. The van der Waals surface area contributed by atoms with E-state index in [1.165, 1.54) is 57.8 Å². The monoisotopic (exact) mass is 226 g/mol. The molecule has 0 N–H and O–H groups in total. The maximum atomic E-state index is 11.3. The molecule has 0 unspecified atom stereocenters. The number of hydrogen-bond acceptors (Lipinski definition) is 2. The molecule has 0 saturated carbocycles. The van der Waals surface area contributed by atoms with Crippen molar-refractivity contribution in [2.45, 2.75) is 77.0 Å². The van der Waals surface area contributed by atoms with Gasteiger partial charge >= 0.3 is 5.97 Å². The van der Waals surface area contributed by atoms with Crippen LogP contribution in [0.4, 0.5) is 0 Å². The minimum Gasteiger partial charge on any atom is -0.466 e. The molecule has 0 aromatic rings. The molecule has 0 radical (unpaired) electrons. The van der Waals surface area contributed by atoms with Crippen molar-refractivity contribution in [1.82, 2.24) is 0 Å². The van der Waals surface area contributed by atoms with Crippen LogP contribution < -0.4 is 0 Å². The van der Waals surface area contributed by atoms with Gasteiger partial charge in [-0.2, -0.15) is 0 Å². The molecule has 1 heterocycles. The van der Waals surface area contributed by atoms with E-state index in [0.29, 0.717) is 13.0 Å². The van der Waals surface area contributed by atoms with Crippen LogP contribution in [0.2, 0.25) is 0 Å². The van der Waals surface area contributed by atoms with E-state index in [-0.39, 0.29) is 5.97 Å². The average Bonchev–Trinajstić information content (AvgIpc) is 2.29. The Kier molecular flexibility index (Phi) is 8.19. The molecule has 94 valence electrons. The van der Waals surface area contributed by atoms with Crippen LogP contribution in [0.25, 0.3) is 0 Å². The molecule has 1 aliphatic heterocycles. The zero-order valence-electron chi connectivity index (χ0n) is 10.5. The van der Waals surface area contributed by atoms with Crippen LogP contribution >= 0.6 is 0 Å². The highest BCUT2D eigenvalue weighted by atomic mass is 16.5. The summed E-state index contributed by atoms with van der Waals surface area (Å²) in [5.41, 5.74) is 0. The highest BCUT2D eigenvalue weighted by Crippen LogP contribution is 2.13. The molecule has 0 spiro atoms.